The zero-order chi connectivity index (χ0) is 19.2. The molecular formula is C22H24N6O. The highest BCUT2D eigenvalue weighted by Gasteiger charge is 2.24. The number of imidazole rings is 1. The van der Waals surface area contributed by atoms with Crippen LogP contribution in [0.3, 0.4) is 0 Å². The molecule has 4 aromatic rings. The average molecular weight is 388 g/mol. The summed E-state index contributed by atoms with van der Waals surface area (Å²) in [5.41, 5.74) is 4.97. The number of hydrogen-bond donors (Lipinski definition) is 1. The fraction of sp³-hybridized carbons (Fsp3) is 0.409. The normalized spacial score (nSPS) is 18.3. The van der Waals surface area contributed by atoms with Crippen LogP contribution in [0.4, 0.5) is 5.95 Å². The molecule has 29 heavy (non-hydrogen) atoms. The monoisotopic (exact) mass is 388 g/mol. The first-order valence-corrected chi connectivity index (χ1v) is 10.5. The molecule has 0 atom stereocenters. The molecule has 148 valence electrons. The molecule has 2 aliphatic rings. The van der Waals surface area contributed by atoms with E-state index >= 15 is 0 Å². The minimum Gasteiger partial charge on any atom is -0.378 e. The van der Waals surface area contributed by atoms with Crippen molar-refractivity contribution in [2.45, 2.75) is 31.7 Å². The van der Waals surface area contributed by atoms with E-state index in [4.69, 9.17) is 19.7 Å². The molecule has 1 aromatic carbocycles. The number of hydrogen-bond acceptors (Lipinski definition) is 5. The molecule has 1 aliphatic carbocycles. The molecule has 4 heterocycles. The van der Waals surface area contributed by atoms with Crippen molar-refractivity contribution in [3.63, 3.8) is 0 Å². The maximum atomic E-state index is 5.54. The zero-order valence-electron chi connectivity index (χ0n) is 16.3. The van der Waals surface area contributed by atoms with Crippen LogP contribution in [0.25, 0.3) is 33.3 Å². The molecule has 0 spiro atoms. The van der Waals surface area contributed by atoms with Gasteiger partial charge in [0.25, 0.3) is 0 Å². The Labute approximate surface area is 168 Å². The van der Waals surface area contributed by atoms with Crippen LogP contribution in [-0.2, 0) is 4.74 Å². The largest absolute Gasteiger partial charge is 0.378 e. The van der Waals surface area contributed by atoms with E-state index in [0.29, 0.717) is 19.3 Å². The highest BCUT2D eigenvalue weighted by molar-refractivity contribution is 6.00. The third-order valence-electron chi connectivity index (χ3n) is 6.27. The van der Waals surface area contributed by atoms with Crippen molar-refractivity contribution in [2.24, 2.45) is 0 Å². The van der Waals surface area contributed by atoms with Gasteiger partial charge < -0.3 is 19.2 Å². The Morgan fingerprint density at radius 2 is 1.90 bits per heavy atom. The summed E-state index contributed by atoms with van der Waals surface area (Å²) in [6.07, 6.45) is 8.91. The van der Waals surface area contributed by atoms with E-state index in [1.807, 2.05) is 12.5 Å². The highest BCUT2D eigenvalue weighted by Crippen LogP contribution is 2.36. The molecule has 1 saturated carbocycles. The van der Waals surface area contributed by atoms with Crippen molar-refractivity contribution in [1.29, 1.82) is 0 Å². The van der Waals surface area contributed by atoms with E-state index in [-0.39, 0.29) is 0 Å². The lowest BCUT2D eigenvalue weighted by molar-refractivity contribution is 0.122. The van der Waals surface area contributed by atoms with Crippen LogP contribution in [0.2, 0.25) is 0 Å². The summed E-state index contributed by atoms with van der Waals surface area (Å²) in [6, 6.07) is 8.90. The van der Waals surface area contributed by atoms with Gasteiger partial charge in [0.15, 0.2) is 5.65 Å². The first-order chi connectivity index (χ1) is 14.4. The summed E-state index contributed by atoms with van der Waals surface area (Å²) < 4.78 is 7.83. The van der Waals surface area contributed by atoms with Gasteiger partial charge in [0.2, 0.25) is 5.95 Å². The number of anilines is 1. The number of benzene rings is 1. The van der Waals surface area contributed by atoms with Crippen LogP contribution in [0.1, 0.15) is 31.7 Å². The van der Waals surface area contributed by atoms with Crippen LogP contribution in [0, 0.1) is 0 Å². The lowest BCUT2D eigenvalue weighted by atomic mass is 10.1. The number of nitrogens with zero attached hydrogens (tertiary/aromatic N) is 5. The van der Waals surface area contributed by atoms with E-state index in [1.165, 1.54) is 25.7 Å². The lowest BCUT2D eigenvalue weighted by Crippen LogP contribution is -2.37. The lowest BCUT2D eigenvalue weighted by Gasteiger charge is -2.27. The first kappa shape index (κ1) is 17.0. The van der Waals surface area contributed by atoms with Gasteiger partial charge in [-0.3, -0.25) is 0 Å². The van der Waals surface area contributed by atoms with Gasteiger partial charge in [-0.05, 0) is 25.0 Å². The fourth-order valence-corrected chi connectivity index (χ4v) is 4.74. The fourth-order valence-electron chi connectivity index (χ4n) is 4.74. The smallest absolute Gasteiger partial charge is 0.228 e. The van der Waals surface area contributed by atoms with E-state index in [1.54, 1.807) is 0 Å². The molecule has 0 radical (unpaired) electrons. The topological polar surface area (TPSA) is 71.9 Å². The number of rotatable bonds is 3. The van der Waals surface area contributed by atoms with E-state index in [2.05, 4.69) is 38.7 Å². The number of aromatic nitrogens is 5. The van der Waals surface area contributed by atoms with Crippen molar-refractivity contribution in [3.8, 4) is 11.3 Å². The molecule has 0 unspecified atom stereocenters. The molecule has 1 N–H and O–H groups in total. The SMILES string of the molecule is c1cc(-c2nc(N3CCOCC3)nc3c2ncn3C2CCCC2)c2cc[nH]c2c1. The van der Waals surface area contributed by atoms with Crippen LogP contribution in [-0.4, -0.2) is 50.8 Å². The molecule has 2 fully saturated rings. The number of fused-ring (bicyclic) bond motifs is 2. The summed E-state index contributed by atoms with van der Waals surface area (Å²) in [4.78, 5) is 20.4. The molecule has 1 aliphatic heterocycles. The average Bonchev–Trinajstić information content (AvgIpc) is 3.53. The summed E-state index contributed by atoms with van der Waals surface area (Å²) >= 11 is 0. The van der Waals surface area contributed by atoms with Gasteiger partial charge in [-0.15, -0.1) is 0 Å². The molecule has 7 heteroatoms. The number of aromatic amines is 1. The Kier molecular flexibility index (Phi) is 4.01. The molecule has 1 saturated heterocycles. The standard InChI is InChI=1S/C22H24N6O/c1-2-5-15(4-1)28-14-24-20-19(17-6-3-7-18-16(17)8-9-23-18)25-22(26-21(20)28)27-10-12-29-13-11-27/h3,6-9,14-15,23H,1-2,4-5,10-13H2. The molecular weight excluding hydrogens is 364 g/mol. The molecule has 0 bridgehead atoms. The van der Waals surface area contributed by atoms with E-state index in [9.17, 15) is 0 Å². The predicted octanol–water partition coefficient (Wildman–Crippen LogP) is 3.93. The second-order valence-corrected chi connectivity index (χ2v) is 7.98. The summed E-state index contributed by atoms with van der Waals surface area (Å²) in [5.74, 6) is 0.781. The van der Waals surface area contributed by atoms with Crippen molar-refractivity contribution < 1.29 is 4.74 Å². The third-order valence-corrected chi connectivity index (χ3v) is 6.27. The van der Waals surface area contributed by atoms with Crippen molar-refractivity contribution in [1.82, 2.24) is 24.5 Å². The van der Waals surface area contributed by atoms with Crippen LogP contribution >= 0.6 is 0 Å². The Morgan fingerprint density at radius 3 is 2.76 bits per heavy atom. The van der Waals surface area contributed by atoms with E-state index < -0.39 is 0 Å². The van der Waals surface area contributed by atoms with Crippen LogP contribution < -0.4 is 4.90 Å². The van der Waals surface area contributed by atoms with Gasteiger partial charge in [0.1, 0.15) is 11.2 Å². The predicted molar refractivity (Wildman–Crippen MR) is 113 cm³/mol. The molecule has 7 nitrogen and oxygen atoms in total. The second-order valence-electron chi connectivity index (χ2n) is 7.98. The number of morpholine rings is 1. The maximum absolute atomic E-state index is 5.54. The number of ether oxygens (including phenoxy) is 1. The van der Waals surface area contributed by atoms with Gasteiger partial charge in [-0.2, -0.15) is 4.98 Å². The van der Waals surface area contributed by atoms with Gasteiger partial charge in [-0.25, -0.2) is 9.97 Å². The van der Waals surface area contributed by atoms with Crippen molar-refractivity contribution in [3.05, 3.63) is 36.8 Å². The number of nitrogens with one attached hydrogen (secondary N) is 1. The quantitative estimate of drug-likeness (QED) is 0.576. The summed E-state index contributed by atoms with van der Waals surface area (Å²) in [5, 5.41) is 1.16. The van der Waals surface area contributed by atoms with E-state index in [0.717, 1.165) is 52.4 Å². The maximum Gasteiger partial charge on any atom is 0.228 e. The van der Waals surface area contributed by atoms with Gasteiger partial charge >= 0.3 is 0 Å². The highest BCUT2D eigenvalue weighted by atomic mass is 16.5. The van der Waals surface area contributed by atoms with Crippen LogP contribution in [0.15, 0.2) is 36.8 Å². The minimum absolute atomic E-state index is 0.489. The summed E-state index contributed by atoms with van der Waals surface area (Å²) in [6.45, 7) is 3.06. The molecule has 0 amide bonds. The van der Waals surface area contributed by atoms with Gasteiger partial charge in [0.05, 0.1) is 19.5 Å². The van der Waals surface area contributed by atoms with Crippen LogP contribution in [0.5, 0.6) is 0 Å². The molecule has 6 rings (SSSR count). The zero-order valence-corrected chi connectivity index (χ0v) is 16.3. The first-order valence-electron chi connectivity index (χ1n) is 10.5. The Morgan fingerprint density at radius 1 is 1.03 bits per heavy atom. The Balaban J connectivity index is 1.59. The third kappa shape index (κ3) is 2.80. The minimum atomic E-state index is 0.489. The van der Waals surface area contributed by atoms with Gasteiger partial charge in [0, 0.05) is 41.8 Å². The number of H-pyrrole nitrogens is 1. The van der Waals surface area contributed by atoms with Gasteiger partial charge in [-0.1, -0.05) is 25.0 Å². The molecule has 3 aromatic heterocycles. The van der Waals surface area contributed by atoms with Crippen molar-refractivity contribution in [2.75, 3.05) is 31.2 Å². The Bertz CT molecular complexity index is 1170. The Hall–Kier alpha value is -2.93. The summed E-state index contributed by atoms with van der Waals surface area (Å²) in [7, 11) is 0. The van der Waals surface area contributed by atoms with Crippen molar-refractivity contribution >= 4 is 28.0 Å². The second kappa shape index (κ2) is 6.84.